The second kappa shape index (κ2) is 11.9. The van der Waals surface area contributed by atoms with Gasteiger partial charge in [-0.2, -0.15) is 0 Å². The van der Waals surface area contributed by atoms with Crippen LogP contribution in [0.25, 0.3) is 0 Å². The van der Waals surface area contributed by atoms with Gasteiger partial charge in [0.25, 0.3) is 5.91 Å². The number of carbonyl (C=O) groups is 2. The highest BCUT2D eigenvalue weighted by Gasteiger charge is 2.57. The second-order valence-electron chi connectivity index (χ2n) is 11.1. The molecule has 0 radical (unpaired) electrons. The summed E-state index contributed by atoms with van der Waals surface area (Å²) in [5, 5.41) is 13.1. The molecule has 0 bridgehead atoms. The van der Waals surface area contributed by atoms with E-state index < -0.39 is 11.5 Å². The van der Waals surface area contributed by atoms with Gasteiger partial charge in [-0.1, -0.05) is 78.9 Å². The van der Waals surface area contributed by atoms with Crippen LogP contribution in [0.15, 0.2) is 97.1 Å². The number of halogens is 1. The van der Waals surface area contributed by atoms with E-state index in [-0.39, 0.29) is 31.0 Å². The Labute approximate surface area is 259 Å². The van der Waals surface area contributed by atoms with Crippen LogP contribution in [0.1, 0.15) is 57.1 Å². The minimum absolute atomic E-state index is 0.0779. The van der Waals surface area contributed by atoms with Gasteiger partial charge in [0.1, 0.15) is 11.2 Å². The average molecular weight is 673 g/mol. The normalized spacial score (nSPS) is 19.7. The molecule has 0 spiro atoms. The predicted molar refractivity (Wildman–Crippen MR) is 170 cm³/mol. The van der Waals surface area contributed by atoms with Crippen LogP contribution in [0.3, 0.4) is 0 Å². The van der Waals surface area contributed by atoms with Crippen LogP contribution >= 0.6 is 22.6 Å². The molecule has 2 aliphatic rings. The zero-order valence-corrected chi connectivity index (χ0v) is 25.6. The molecule has 7 heteroatoms. The van der Waals surface area contributed by atoms with Crippen LogP contribution in [0, 0.1) is 3.57 Å². The van der Waals surface area contributed by atoms with Gasteiger partial charge in [-0.3, -0.25) is 9.59 Å². The van der Waals surface area contributed by atoms with Crippen LogP contribution in [-0.2, 0) is 29.8 Å². The second-order valence-corrected chi connectivity index (χ2v) is 12.2. The Hall–Kier alpha value is -3.69. The van der Waals surface area contributed by atoms with Crippen molar-refractivity contribution in [2.75, 3.05) is 7.11 Å². The predicted octanol–water partition coefficient (Wildman–Crippen LogP) is 5.95. The Morgan fingerprint density at radius 3 is 2.31 bits per heavy atom. The summed E-state index contributed by atoms with van der Waals surface area (Å²) in [7, 11) is 1.63. The van der Waals surface area contributed by atoms with Crippen LogP contribution < -0.4 is 10.1 Å². The van der Waals surface area contributed by atoms with E-state index in [1.807, 2.05) is 89.8 Å². The average Bonchev–Trinajstić information content (AvgIpc) is 3.85. The summed E-state index contributed by atoms with van der Waals surface area (Å²) < 4.78 is 6.75. The number of aliphatic hydroxyl groups is 1. The van der Waals surface area contributed by atoms with Crippen molar-refractivity contribution in [3.8, 4) is 5.75 Å². The van der Waals surface area contributed by atoms with Gasteiger partial charge in [0.15, 0.2) is 0 Å². The third-order valence-electron chi connectivity index (χ3n) is 8.43. The quantitative estimate of drug-likeness (QED) is 0.216. The number of nitrogens with one attached hydrogen (secondary N) is 1. The molecule has 1 aliphatic carbocycles. The fourth-order valence-electron chi connectivity index (χ4n) is 6.20. The van der Waals surface area contributed by atoms with Gasteiger partial charge in [0.2, 0.25) is 5.91 Å². The molecule has 0 unspecified atom stereocenters. The Bertz CT molecular complexity index is 1620. The maximum absolute atomic E-state index is 14.9. The number of carbonyl (C=O) groups excluding carboxylic acids is 2. The molecule has 2 amide bonds. The first kappa shape index (κ1) is 28.4. The van der Waals surface area contributed by atoms with Crippen molar-refractivity contribution in [3.05, 3.63) is 134 Å². The van der Waals surface area contributed by atoms with E-state index in [9.17, 15) is 14.7 Å². The number of hydrogen-bond donors (Lipinski definition) is 2. The maximum atomic E-state index is 14.9. The topological polar surface area (TPSA) is 78.9 Å². The van der Waals surface area contributed by atoms with Crippen molar-refractivity contribution in [2.45, 2.75) is 49.9 Å². The number of benzene rings is 4. The first-order valence-corrected chi connectivity index (χ1v) is 15.3. The van der Waals surface area contributed by atoms with E-state index in [0.717, 1.165) is 44.2 Å². The first-order valence-electron chi connectivity index (χ1n) is 14.2. The molecule has 4 aromatic carbocycles. The molecule has 4 aromatic rings. The summed E-state index contributed by atoms with van der Waals surface area (Å²) in [5.74, 6) is 0.473. The lowest BCUT2D eigenvalue weighted by atomic mass is 9.63. The number of amides is 2. The molecule has 0 aromatic heterocycles. The highest BCUT2D eigenvalue weighted by Crippen LogP contribution is 2.51. The molecule has 1 saturated carbocycles. The molecule has 1 heterocycles. The number of fused-ring (bicyclic) bond motifs is 1. The highest BCUT2D eigenvalue weighted by atomic mass is 127. The summed E-state index contributed by atoms with van der Waals surface area (Å²) in [6.07, 6.45) is 2.31. The number of methoxy groups -OCH3 is 1. The van der Waals surface area contributed by atoms with Crippen molar-refractivity contribution in [3.63, 3.8) is 0 Å². The number of rotatable bonds is 9. The largest absolute Gasteiger partial charge is 0.496 e. The summed E-state index contributed by atoms with van der Waals surface area (Å²) >= 11 is 2.34. The highest BCUT2D eigenvalue weighted by molar-refractivity contribution is 14.1. The summed E-state index contributed by atoms with van der Waals surface area (Å²) in [6, 6.07) is 30.5. The van der Waals surface area contributed by atoms with Crippen molar-refractivity contribution in [1.29, 1.82) is 0 Å². The zero-order chi connectivity index (χ0) is 29.3. The summed E-state index contributed by atoms with van der Waals surface area (Å²) in [5.41, 5.74) is 3.65. The van der Waals surface area contributed by atoms with Gasteiger partial charge in [0.05, 0.1) is 26.3 Å². The van der Waals surface area contributed by atoms with Gasteiger partial charge in [0, 0.05) is 20.7 Å². The molecule has 1 fully saturated rings. The lowest BCUT2D eigenvalue weighted by molar-refractivity contribution is -0.130. The lowest BCUT2D eigenvalue weighted by Crippen LogP contribution is -2.60. The number of para-hydroxylation sites is 1. The molecular formula is C35H33IN2O4. The Morgan fingerprint density at radius 1 is 0.952 bits per heavy atom. The molecule has 214 valence electrons. The zero-order valence-electron chi connectivity index (χ0n) is 23.4. The maximum Gasteiger partial charge on any atom is 0.255 e. The minimum atomic E-state index is -1.13. The van der Waals surface area contributed by atoms with Crippen LogP contribution in [-0.4, -0.2) is 35.0 Å². The number of aliphatic hydroxyl groups excluding tert-OH is 1. The Morgan fingerprint density at radius 2 is 1.62 bits per heavy atom. The molecule has 1 aliphatic heterocycles. The van der Waals surface area contributed by atoms with Gasteiger partial charge >= 0.3 is 0 Å². The Kier molecular flexibility index (Phi) is 8.05. The van der Waals surface area contributed by atoms with E-state index in [2.05, 4.69) is 40.0 Å². The molecule has 42 heavy (non-hydrogen) atoms. The Balaban J connectivity index is 1.63. The fourth-order valence-corrected chi connectivity index (χ4v) is 6.77. The van der Waals surface area contributed by atoms with Crippen LogP contribution in [0.2, 0.25) is 0 Å². The molecule has 0 saturated heterocycles. The standard InChI is InChI=1S/C35H33IN2O4/c1-42-31-13-7-3-9-26(31)21-38-32(24-16-14-23(22-39)15-17-24)35(34(41)37-27-18-19-27,20-25-8-2-6-12-30(25)36)29-11-5-4-10-28(29)33(38)40/h2-17,27,32,39H,18-22H2,1H3,(H,37,41)/t32-,35-/m0/s1. The summed E-state index contributed by atoms with van der Waals surface area (Å²) in [6.45, 7) is 0.168. The molecule has 6 nitrogen and oxygen atoms in total. The first-order chi connectivity index (χ1) is 20.5. The number of nitrogens with zero attached hydrogens (tertiary/aromatic N) is 1. The lowest BCUT2D eigenvalue weighted by Gasteiger charge is -2.50. The van der Waals surface area contributed by atoms with Crippen LogP contribution in [0.4, 0.5) is 0 Å². The van der Waals surface area contributed by atoms with Gasteiger partial charge in [-0.05, 0) is 82.3 Å². The molecule has 2 atom stereocenters. The fraction of sp³-hybridized carbons (Fsp3) is 0.257. The van der Waals surface area contributed by atoms with Crippen molar-refractivity contribution >= 4 is 34.4 Å². The van der Waals surface area contributed by atoms with Crippen molar-refractivity contribution < 1.29 is 19.4 Å². The van der Waals surface area contributed by atoms with Crippen molar-refractivity contribution in [1.82, 2.24) is 10.2 Å². The van der Waals surface area contributed by atoms with E-state index in [1.165, 1.54) is 0 Å². The van der Waals surface area contributed by atoms with E-state index in [1.54, 1.807) is 7.11 Å². The van der Waals surface area contributed by atoms with E-state index >= 15 is 0 Å². The van der Waals surface area contributed by atoms with E-state index in [4.69, 9.17) is 4.74 Å². The third-order valence-corrected chi connectivity index (χ3v) is 9.49. The molecule has 2 N–H and O–H groups in total. The van der Waals surface area contributed by atoms with E-state index in [0.29, 0.717) is 17.7 Å². The molecule has 6 rings (SSSR count). The third kappa shape index (κ3) is 5.20. The minimum Gasteiger partial charge on any atom is -0.496 e. The SMILES string of the molecule is COc1ccccc1CN1C(=O)c2ccccc2[C@](Cc2ccccc2I)(C(=O)NC2CC2)[C@@H]1c1ccc(CO)cc1. The smallest absolute Gasteiger partial charge is 0.255 e. The molecular weight excluding hydrogens is 639 g/mol. The monoisotopic (exact) mass is 672 g/mol. The summed E-state index contributed by atoms with van der Waals surface area (Å²) in [4.78, 5) is 31.2. The van der Waals surface area contributed by atoms with Gasteiger partial charge in [-0.15, -0.1) is 0 Å². The number of ether oxygens (including phenoxy) is 1. The number of hydrogen-bond acceptors (Lipinski definition) is 4. The van der Waals surface area contributed by atoms with Gasteiger partial charge in [-0.25, -0.2) is 0 Å². The van der Waals surface area contributed by atoms with Gasteiger partial charge < -0.3 is 20.1 Å². The van der Waals surface area contributed by atoms with Crippen molar-refractivity contribution in [2.24, 2.45) is 0 Å². The van der Waals surface area contributed by atoms with Crippen LogP contribution in [0.5, 0.6) is 5.75 Å².